The zero-order valence-electron chi connectivity index (χ0n) is 15.1. The van der Waals surface area contributed by atoms with Crippen LogP contribution in [-0.4, -0.2) is 40.7 Å². The van der Waals surface area contributed by atoms with Gasteiger partial charge in [0.25, 0.3) is 11.7 Å². The molecule has 0 unspecified atom stereocenters. The first-order valence-electron chi connectivity index (χ1n) is 7.86. The molecule has 1 amide bonds. The van der Waals surface area contributed by atoms with Gasteiger partial charge in [-0.15, -0.1) is 0 Å². The second-order valence-electron chi connectivity index (χ2n) is 5.65. The van der Waals surface area contributed by atoms with Crippen LogP contribution in [0.5, 0.6) is 5.75 Å². The number of hydrogen-bond acceptors (Lipinski definition) is 6. The van der Waals surface area contributed by atoms with Crippen molar-refractivity contribution in [1.82, 2.24) is 9.78 Å². The summed E-state index contributed by atoms with van der Waals surface area (Å²) in [5, 5.41) is 6.24. The van der Waals surface area contributed by atoms with Crippen molar-refractivity contribution >= 4 is 34.9 Å². The maximum atomic E-state index is 12.2. The fraction of sp³-hybridized carbons (Fsp3) is 0.294. The summed E-state index contributed by atoms with van der Waals surface area (Å²) >= 11 is 5.78. The molecule has 8 nitrogen and oxygen atoms in total. The van der Waals surface area contributed by atoms with Crippen molar-refractivity contribution < 1.29 is 32.6 Å². The number of hydrogen-bond donors (Lipinski definition) is 1. The van der Waals surface area contributed by atoms with Gasteiger partial charge in [-0.2, -0.15) is 13.9 Å². The first kappa shape index (κ1) is 21.3. The number of anilines is 1. The van der Waals surface area contributed by atoms with E-state index in [0.717, 1.165) is 6.07 Å². The van der Waals surface area contributed by atoms with Crippen LogP contribution in [-0.2, 0) is 21.4 Å². The predicted molar refractivity (Wildman–Crippen MR) is 94.7 cm³/mol. The lowest BCUT2D eigenvalue weighted by atomic mass is 10.1. The number of halogens is 3. The van der Waals surface area contributed by atoms with Gasteiger partial charge in [-0.25, -0.2) is 4.79 Å². The fourth-order valence-corrected chi connectivity index (χ4v) is 2.59. The number of aryl methyl sites for hydroxylation is 2. The van der Waals surface area contributed by atoms with Crippen LogP contribution in [0.15, 0.2) is 18.2 Å². The predicted octanol–water partition coefficient (Wildman–Crippen LogP) is 2.66. The minimum atomic E-state index is -3.04. The smallest absolute Gasteiger partial charge is 0.387 e. The van der Waals surface area contributed by atoms with Gasteiger partial charge in [0, 0.05) is 18.4 Å². The number of benzene rings is 1. The first-order chi connectivity index (χ1) is 13.1. The minimum Gasteiger partial charge on any atom is -0.450 e. The highest BCUT2D eigenvalue weighted by molar-refractivity contribution is 6.41. The number of esters is 1. The molecule has 0 aliphatic rings. The van der Waals surface area contributed by atoms with Crippen LogP contribution >= 0.6 is 11.6 Å². The van der Waals surface area contributed by atoms with E-state index in [9.17, 15) is 23.2 Å². The molecular weight excluding hydrogens is 400 g/mol. The Morgan fingerprint density at radius 1 is 1.29 bits per heavy atom. The molecule has 0 fully saturated rings. The Hall–Kier alpha value is -3.01. The number of nitrogens with zero attached hydrogens (tertiary/aromatic N) is 2. The maximum absolute atomic E-state index is 12.2. The van der Waals surface area contributed by atoms with E-state index in [4.69, 9.17) is 16.3 Å². The number of carbonyl (C=O) groups excluding carboxylic acids is 3. The van der Waals surface area contributed by atoms with E-state index < -0.39 is 30.9 Å². The number of Topliss-reactive ketones (excluding diaryl/α,β-unsaturated/α-hetero) is 1. The molecule has 0 atom stereocenters. The number of rotatable bonds is 7. The Bertz CT molecular complexity index is 930. The largest absolute Gasteiger partial charge is 0.450 e. The zero-order chi connectivity index (χ0) is 21.0. The number of amides is 1. The van der Waals surface area contributed by atoms with Crippen LogP contribution in [0.2, 0.25) is 5.02 Å². The van der Waals surface area contributed by atoms with Crippen molar-refractivity contribution in [2.45, 2.75) is 20.5 Å². The van der Waals surface area contributed by atoms with E-state index in [1.807, 2.05) is 0 Å². The van der Waals surface area contributed by atoms with Gasteiger partial charge in [-0.1, -0.05) is 11.6 Å². The summed E-state index contributed by atoms with van der Waals surface area (Å²) in [5.74, 6) is -3.12. The molecule has 0 radical (unpaired) electrons. The average molecular weight is 416 g/mol. The van der Waals surface area contributed by atoms with Gasteiger partial charge in [0.15, 0.2) is 6.61 Å². The maximum Gasteiger partial charge on any atom is 0.387 e. The van der Waals surface area contributed by atoms with Crippen molar-refractivity contribution in [3.05, 3.63) is 40.2 Å². The Kier molecular flexibility index (Phi) is 6.68. The molecular formula is C17H16ClF2N3O5. The van der Waals surface area contributed by atoms with Crippen LogP contribution in [0.25, 0.3) is 0 Å². The van der Waals surface area contributed by atoms with Crippen molar-refractivity contribution in [2.24, 2.45) is 7.05 Å². The van der Waals surface area contributed by atoms with Gasteiger partial charge in [0.1, 0.15) is 5.75 Å². The standard InChI is InChI=1S/C17H16ClF2N3O5/c1-8-14(9(2)23(3)22-8)15(25)16(26)27-7-13(24)21-10-4-5-12(11(18)6-10)28-17(19)20/h4-6,17H,7H2,1-3H3,(H,21,24). The van der Waals surface area contributed by atoms with Crippen LogP contribution in [0.3, 0.4) is 0 Å². The highest BCUT2D eigenvalue weighted by Crippen LogP contribution is 2.28. The average Bonchev–Trinajstić information content (AvgIpc) is 2.86. The number of nitrogens with one attached hydrogen (secondary N) is 1. The molecule has 0 aliphatic carbocycles. The zero-order valence-corrected chi connectivity index (χ0v) is 15.8. The van der Waals surface area contributed by atoms with Crippen LogP contribution in [0.4, 0.5) is 14.5 Å². The molecule has 28 heavy (non-hydrogen) atoms. The lowest BCUT2D eigenvalue weighted by Crippen LogP contribution is -2.25. The van der Waals surface area contributed by atoms with Crippen molar-refractivity contribution in [1.29, 1.82) is 0 Å². The molecule has 2 rings (SSSR count). The third-order valence-electron chi connectivity index (χ3n) is 3.69. The lowest BCUT2D eigenvalue weighted by Gasteiger charge is -2.10. The second-order valence-corrected chi connectivity index (χ2v) is 6.05. The van der Waals surface area contributed by atoms with Crippen molar-refractivity contribution in [3.8, 4) is 5.75 Å². The van der Waals surface area contributed by atoms with E-state index in [1.54, 1.807) is 20.9 Å². The topological polar surface area (TPSA) is 99.5 Å². The lowest BCUT2D eigenvalue weighted by molar-refractivity contribution is -0.142. The van der Waals surface area contributed by atoms with Crippen molar-refractivity contribution in [3.63, 3.8) is 0 Å². The molecule has 0 bridgehead atoms. The molecule has 0 saturated heterocycles. The molecule has 1 aromatic carbocycles. The number of aromatic nitrogens is 2. The van der Waals surface area contributed by atoms with Crippen LogP contribution in [0, 0.1) is 13.8 Å². The molecule has 0 aliphatic heterocycles. The summed E-state index contributed by atoms with van der Waals surface area (Å²) in [4.78, 5) is 36.0. The van der Waals surface area contributed by atoms with Crippen LogP contribution < -0.4 is 10.1 Å². The second kappa shape index (κ2) is 8.79. The van der Waals surface area contributed by atoms with Gasteiger partial charge in [-0.05, 0) is 32.0 Å². The van der Waals surface area contributed by atoms with E-state index in [0.29, 0.717) is 11.4 Å². The van der Waals surface area contributed by atoms with E-state index in [2.05, 4.69) is 15.2 Å². The number of alkyl halides is 2. The summed E-state index contributed by atoms with van der Waals surface area (Å²) in [7, 11) is 1.63. The van der Waals surface area contributed by atoms with Gasteiger partial charge in [0.05, 0.1) is 16.3 Å². The molecule has 1 N–H and O–H groups in total. The Labute approximate surface area is 163 Å². The molecule has 1 heterocycles. The van der Waals surface area contributed by atoms with Crippen molar-refractivity contribution in [2.75, 3.05) is 11.9 Å². The highest BCUT2D eigenvalue weighted by Gasteiger charge is 2.25. The number of carbonyl (C=O) groups is 3. The molecule has 150 valence electrons. The van der Waals surface area contributed by atoms with Gasteiger partial charge in [0.2, 0.25) is 0 Å². The van der Waals surface area contributed by atoms with E-state index >= 15 is 0 Å². The monoisotopic (exact) mass is 415 g/mol. The summed E-state index contributed by atoms with van der Waals surface area (Å²) in [6.07, 6.45) is 0. The van der Waals surface area contributed by atoms with Gasteiger partial charge < -0.3 is 14.8 Å². The number of ketones is 1. The molecule has 0 spiro atoms. The first-order valence-corrected chi connectivity index (χ1v) is 8.23. The fourth-order valence-electron chi connectivity index (χ4n) is 2.37. The van der Waals surface area contributed by atoms with E-state index in [-0.39, 0.29) is 22.0 Å². The van der Waals surface area contributed by atoms with Gasteiger partial charge in [-0.3, -0.25) is 14.3 Å². The third-order valence-corrected chi connectivity index (χ3v) is 3.98. The Morgan fingerprint density at radius 2 is 1.96 bits per heavy atom. The molecule has 2 aromatic rings. The summed E-state index contributed by atoms with van der Waals surface area (Å²) in [5.41, 5.74) is 1.14. The summed E-state index contributed by atoms with van der Waals surface area (Å²) in [6, 6.07) is 3.61. The molecule has 0 saturated carbocycles. The minimum absolute atomic E-state index is 0.120. The SMILES string of the molecule is Cc1nn(C)c(C)c1C(=O)C(=O)OCC(=O)Nc1ccc(OC(F)F)c(Cl)c1. The Balaban J connectivity index is 1.94. The summed E-state index contributed by atoms with van der Waals surface area (Å²) < 4.78 is 34.7. The molecule has 1 aromatic heterocycles. The normalized spacial score (nSPS) is 10.7. The number of ether oxygens (including phenoxy) is 2. The Morgan fingerprint density at radius 3 is 2.50 bits per heavy atom. The molecule has 11 heteroatoms. The quantitative estimate of drug-likeness (QED) is 0.424. The third kappa shape index (κ3) is 5.03. The van der Waals surface area contributed by atoms with E-state index in [1.165, 1.54) is 16.8 Å². The van der Waals surface area contributed by atoms with Crippen LogP contribution in [0.1, 0.15) is 21.7 Å². The highest BCUT2D eigenvalue weighted by atomic mass is 35.5. The summed E-state index contributed by atoms with van der Waals surface area (Å²) in [6.45, 7) is -0.568. The van der Waals surface area contributed by atoms with Gasteiger partial charge >= 0.3 is 12.6 Å².